The minimum Gasteiger partial charge on any atom is -0.388 e. The maximum absolute atomic E-state index is 9.92. The summed E-state index contributed by atoms with van der Waals surface area (Å²) in [7, 11) is 0. The molecule has 1 heteroatoms. The van der Waals surface area contributed by atoms with Gasteiger partial charge in [0.05, 0.1) is 6.10 Å². The second-order valence-electron chi connectivity index (χ2n) is 4.48. The van der Waals surface area contributed by atoms with E-state index in [1.54, 1.807) is 0 Å². The van der Waals surface area contributed by atoms with Crippen LogP contribution in [-0.4, -0.2) is 5.11 Å². The van der Waals surface area contributed by atoms with E-state index in [1.165, 1.54) is 32.1 Å². The summed E-state index contributed by atoms with van der Waals surface area (Å²) in [6.07, 6.45) is 8.33. The lowest BCUT2D eigenvalue weighted by atomic mass is 10.0. The van der Waals surface area contributed by atoms with Gasteiger partial charge in [0.15, 0.2) is 0 Å². The molecule has 16 heavy (non-hydrogen) atoms. The summed E-state index contributed by atoms with van der Waals surface area (Å²) in [6, 6.07) is 9.96. The van der Waals surface area contributed by atoms with E-state index >= 15 is 0 Å². The van der Waals surface area contributed by atoms with Crippen molar-refractivity contribution in [2.24, 2.45) is 0 Å². The molecule has 0 saturated heterocycles. The normalized spacial score (nSPS) is 12.6. The van der Waals surface area contributed by atoms with Crippen LogP contribution in [0.25, 0.3) is 0 Å². The molecule has 0 heterocycles. The van der Waals surface area contributed by atoms with Crippen LogP contribution in [0, 0.1) is 0 Å². The minimum atomic E-state index is -0.271. The summed E-state index contributed by atoms with van der Waals surface area (Å²) in [4.78, 5) is 0. The van der Waals surface area contributed by atoms with Crippen molar-refractivity contribution in [3.05, 3.63) is 35.9 Å². The van der Waals surface area contributed by atoms with Gasteiger partial charge in [0, 0.05) is 0 Å². The van der Waals surface area contributed by atoms with Crippen molar-refractivity contribution in [2.75, 3.05) is 0 Å². The first-order valence-corrected chi connectivity index (χ1v) is 6.57. The first kappa shape index (κ1) is 13.2. The number of hydrogen-bond acceptors (Lipinski definition) is 1. The van der Waals surface area contributed by atoms with Crippen LogP contribution >= 0.6 is 0 Å². The Morgan fingerprint density at radius 2 is 1.56 bits per heavy atom. The topological polar surface area (TPSA) is 20.2 Å². The molecule has 0 aliphatic carbocycles. The summed E-state index contributed by atoms with van der Waals surface area (Å²) in [5.74, 6) is 0. The molecule has 0 radical (unpaired) electrons. The smallest absolute Gasteiger partial charge is 0.0790 e. The summed E-state index contributed by atoms with van der Waals surface area (Å²) in [5, 5.41) is 9.92. The molecule has 1 aromatic rings. The van der Waals surface area contributed by atoms with Crippen molar-refractivity contribution < 1.29 is 5.11 Å². The van der Waals surface area contributed by atoms with Crippen molar-refractivity contribution in [2.45, 2.75) is 58.0 Å². The molecule has 1 N–H and O–H groups in total. The first-order valence-electron chi connectivity index (χ1n) is 6.57. The SMILES string of the molecule is CCCCCCCC[C@H](O)c1ccccc1. The number of benzene rings is 1. The van der Waals surface area contributed by atoms with Gasteiger partial charge in [-0.15, -0.1) is 0 Å². The molecular weight excluding hydrogens is 196 g/mol. The fourth-order valence-corrected chi connectivity index (χ4v) is 1.96. The Labute approximate surface area is 99.5 Å². The van der Waals surface area contributed by atoms with Crippen LogP contribution in [0.15, 0.2) is 30.3 Å². The molecule has 1 aromatic carbocycles. The predicted molar refractivity (Wildman–Crippen MR) is 69.4 cm³/mol. The second-order valence-corrected chi connectivity index (χ2v) is 4.48. The van der Waals surface area contributed by atoms with Gasteiger partial charge in [0.25, 0.3) is 0 Å². The van der Waals surface area contributed by atoms with Gasteiger partial charge in [0.1, 0.15) is 0 Å². The number of hydrogen-bond donors (Lipinski definition) is 1. The van der Waals surface area contributed by atoms with E-state index in [-0.39, 0.29) is 6.10 Å². The Kier molecular flexibility index (Phi) is 6.91. The van der Waals surface area contributed by atoms with E-state index in [1.807, 2.05) is 30.3 Å². The zero-order chi connectivity index (χ0) is 11.6. The van der Waals surface area contributed by atoms with E-state index in [0.29, 0.717) is 0 Å². The zero-order valence-corrected chi connectivity index (χ0v) is 10.4. The average molecular weight is 220 g/mol. The third-order valence-corrected chi connectivity index (χ3v) is 3.02. The molecule has 0 unspecified atom stereocenters. The van der Waals surface area contributed by atoms with Crippen LogP contribution in [0.2, 0.25) is 0 Å². The number of unbranched alkanes of at least 4 members (excludes halogenated alkanes) is 5. The fraction of sp³-hybridized carbons (Fsp3) is 0.600. The van der Waals surface area contributed by atoms with Crippen molar-refractivity contribution in [3.8, 4) is 0 Å². The Morgan fingerprint density at radius 3 is 2.25 bits per heavy atom. The average Bonchev–Trinajstić information content (AvgIpc) is 2.34. The molecule has 0 aromatic heterocycles. The van der Waals surface area contributed by atoms with Gasteiger partial charge in [-0.25, -0.2) is 0 Å². The number of aliphatic hydroxyl groups is 1. The third kappa shape index (κ3) is 5.32. The van der Waals surface area contributed by atoms with Crippen LogP contribution in [-0.2, 0) is 0 Å². The minimum absolute atomic E-state index is 0.271. The van der Waals surface area contributed by atoms with E-state index in [4.69, 9.17) is 0 Å². The van der Waals surface area contributed by atoms with E-state index in [9.17, 15) is 5.11 Å². The third-order valence-electron chi connectivity index (χ3n) is 3.02. The number of aliphatic hydroxyl groups excluding tert-OH is 1. The monoisotopic (exact) mass is 220 g/mol. The highest BCUT2D eigenvalue weighted by Crippen LogP contribution is 2.19. The van der Waals surface area contributed by atoms with Crippen molar-refractivity contribution in [3.63, 3.8) is 0 Å². The Balaban J connectivity index is 2.09. The first-order chi connectivity index (χ1) is 7.84. The molecule has 0 aliphatic rings. The highest BCUT2D eigenvalue weighted by atomic mass is 16.3. The molecule has 0 aliphatic heterocycles. The van der Waals surface area contributed by atoms with Gasteiger partial charge in [0.2, 0.25) is 0 Å². The highest BCUT2D eigenvalue weighted by molar-refractivity contribution is 5.16. The molecular formula is C15H24O. The summed E-state index contributed by atoms with van der Waals surface area (Å²) < 4.78 is 0. The largest absolute Gasteiger partial charge is 0.388 e. The van der Waals surface area contributed by atoms with Crippen LogP contribution in [0.4, 0.5) is 0 Å². The highest BCUT2D eigenvalue weighted by Gasteiger charge is 2.05. The van der Waals surface area contributed by atoms with Gasteiger partial charge in [-0.3, -0.25) is 0 Å². The molecule has 0 amide bonds. The van der Waals surface area contributed by atoms with Crippen molar-refractivity contribution in [1.29, 1.82) is 0 Å². The molecule has 0 bridgehead atoms. The Bertz CT molecular complexity index is 255. The molecule has 0 spiro atoms. The van der Waals surface area contributed by atoms with Gasteiger partial charge in [-0.05, 0) is 12.0 Å². The molecule has 90 valence electrons. The predicted octanol–water partition coefficient (Wildman–Crippen LogP) is 4.47. The quantitative estimate of drug-likeness (QED) is 0.641. The van der Waals surface area contributed by atoms with Crippen LogP contribution in [0.5, 0.6) is 0 Å². The van der Waals surface area contributed by atoms with Crippen LogP contribution in [0.3, 0.4) is 0 Å². The summed E-state index contributed by atoms with van der Waals surface area (Å²) in [5.41, 5.74) is 1.05. The van der Waals surface area contributed by atoms with Gasteiger partial charge >= 0.3 is 0 Å². The number of rotatable bonds is 8. The van der Waals surface area contributed by atoms with Crippen molar-refractivity contribution in [1.82, 2.24) is 0 Å². The summed E-state index contributed by atoms with van der Waals surface area (Å²) in [6.45, 7) is 2.24. The summed E-state index contributed by atoms with van der Waals surface area (Å²) >= 11 is 0. The molecule has 0 saturated carbocycles. The maximum Gasteiger partial charge on any atom is 0.0790 e. The standard InChI is InChI=1S/C15H24O/c1-2-3-4-5-6-10-13-15(16)14-11-8-7-9-12-14/h7-9,11-12,15-16H,2-6,10,13H2,1H3/t15-/m0/s1. The van der Waals surface area contributed by atoms with Crippen LogP contribution < -0.4 is 0 Å². The van der Waals surface area contributed by atoms with Gasteiger partial charge in [-0.2, -0.15) is 0 Å². The Hall–Kier alpha value is -0.820. The molecule has 0 fully saturated rings. The lowest BCUT2D eigenvalue weighted by Crippen LogP contribution is -1.96. The molecule has 1 rings (SSSR count). The zero-order valence-electron chi connectivity index (χ0n) is 10.4. The van der Waals surface area contributed by atoms with Crippen LogP contribution in [0.1, 0.15) is 63.5 Å². The van der Waals surface area contributed by atoms with E-state index in [0.717, 1.165) is 18.4 Å². The lowest BCUT2D eigenvalue weighted by Gasteiger charge is -2.10. The lowest BCUT2D eigenvalue weighted by molar-refractivity contribution is 0.163. The van der Waals surface area contributed by atoms with E-state index < -0.39 is 0 Å². The molecule has 1 nitrogen and oxygen atoms in total. The fourth-order valence-electron chi connectivity index (χ4n) is 1.96. The van der Waals surface area contributed by atoms with Gasteiger partial charge < -0.3 is 5.11 Å². The van der Waals surface area contributed by atoms with E-state index in [2.05, 4.69) is 6.92 Å². The Morgan fingerprint density at radius 1 is 0.938 bits per heavy atom. The molecule has 1 atom stereocenters. The second kappa shape index (κ2) is 8.35. The van der Waals surface area contributed by atoms with Gasteiger partial charge in [-0.1, -0.05) is 75.8 Å². The van der Waals surface area contributed by atoms with Crippen molar-refractivity contribution >= 4 is 0 Å². The maximum atomic E-state index is 9.92.